The molecule has 15 heavy (non-hydrogen) atoms. The van der Waals surface area contributed by atoms with Crippen LogP contribution in [0, 0.1) is 25.2 Å². The lowest BCUT2D eigenvalue weighted by atomic mass is 10.1. The summed E-state index contributed by atoms with van der Waals surface area (Å²) in [5, 5.41) is 9.02. The van der Waals surface area contributed by atoms with E-state index in [1.54, 1.807) is 0 Å². The van der Waals surface area contributed by atoms with Gasteiger partial charge in [-0.25, -0.2) is 4.98 Å². The fourth-order valence-corrected chi connectivity index (χ4v) is 1.30. The van der Waals surface area contributed by atoms with Crippen molar-refractivity contribution in [1.82, 2.24) is 4.98 Å². The van der Waals surface area contributed by atoms with Crippen molar-refractivity contribution in [2.75, 3.05) is 0 Å². The Hall–Kier alpha value is -1.56. The molecule has 0 N–H and O–H groups in total. The zero-order valence-corrected chi connectivity index (χ0v) is 9.88. The van der Waals surface area contributed by atoms with Gasteiger partial charge in [0.2, 0.25) is 5.88 Å². The zero-order chi connectivity index (χ0) is 11.6. The molecule has 3 heteroatoms. The molecule has 1 rings (SSSR count). The number of aromatic nitrogens is 1. The van der Waals surface area contributed by atoms with Crippen LogP contribution in [0.5, 0.6) is 5.88 Å². The molecule has 1 aromatic heterocycles. The van der Waals surface area contributed by atoms with Crippen LogP contribution in [-0.4, -0.2) is 10.6 Å². The van der Waals surface area contributed by atoms with Gasteiger partial charge in [-0.05, 0) is 46.2 Å². The zero-order valence-electron chi connectivity index (χ0n) is 9.88. The summed E-state index contributed by atoms with van der Waals surface area (Å²) in [6, 6.07) is 4.01. The second-order valence-electron chi connectivity index (χ2n) is 4.59. The van der Waals surface area contributed by atoms with Crippen molar-refractivity contribution >= 4 is 0 Å². The Bertz CT molecular complexity index is 411. The van der Waals surface area contributed by atoms with Gasteiger partial charge in [-0.1, -0.05) is 0 Å². The number of aryl methyl sites for hydroxylation is 2. The molecule has 0 fully saturated rings. The Morgan fingerprint density at radius 3 is 2.40 bits per heavy atom. The maximum absolute atomic E-state index is 9.02. The minimum absolute atomic E-state index is 0.334. The SMILES string of the molecule is Cc1cc(C)c(C#N)c(OC(C)(C)C)n1. The topological polar surface area (TPSA) is 45.9 Å². The molecule has 3 nitrogen and oxygen atoms in total. The van der Waals surface area contributed by atoms with E-state index >= 15 is 0 Å². The molecule has 0 radical (unpaired) electrons. The normalized spacial score (nSPS) is 10.9. The van der Waals surface area contributed by atoms with Crippen molar-refractivity contribution in [3.8, 4) is 11.9 Å². The Morgan fingerprint density at radius 2 is 1.93 bits per heavy atom. The van der Waals surface area contributed by atoms with Crippen molar-refractivity contribution in [1.29, 1.82) is 5.26 Å². The summed E-state index contributed by atoms with van der Waals surface area (Å²) >= 11 is 0. The standard InChI is InChI=1S/C12H16N2O/c1-8-6-9(2)14-11(10(8)7-13)15-12(3,4)5/h6H,1-5H3. The maximum Gasteiger partial charge on any atom is 0.232 e. The van der Waals surface area contributed by atoms with Crippen LogP contribution >= 0.6 is 0 Å². The monoisotopic (exact) mass is 204 g/mol. The Morgan fingerprint density at radius 1 is 1.33 bits per heavy atom. The smallest absolute Gasteiger partial charge is 0.232 e. The van der Waals surface area contributed by atoms with Crippen molar-refractivity contribution < 1.29 is 4.74 Å². The van der Waals surface area contributed by atoms with E-state index in [0.29, 0.717) is 11.4 Å². The van der Waals surface area contributed by atoms with Gasteiger partial charge >= 0.3 is 0 Å². The number of hydrogen-bond acceptors (Lipinski definition) is 3. The van der Waals surface area contributed by atoms with Crippen molar-refractivity contribution in [2.45, 2.75) is 40.2 Å². The highest BCUT2D eigenvalue weighted by Crippen LogP contribution is 2.23. The first kappa shape index (κ1) is 11.5. The average Bonchev–Trinajstić information content (AvgIpc) is 1.99. The number of rotatable bonds is 1. The third kappa shape index (κ3) is 2.95. The first-order valence-corrected chi connectivity index (χ1v) is 4.91. The lowest BCUT2D eigenvalue weighted by molar-refractivity contribution is 0.123. The first-order valence-electron chi connectivity index (χ1n) is 4.91. The maximum atomic E-state index is 9.02. The fraction of sp³-hybridized carbons (Fsp3) is 0.500. The molecule has 0 spiro atoms. The highest BCUT2D eigenvalue weighted by molar-refractivity contribution is 5.45. The quantitative estimate of drug-likeness (QED) is 0.706. The molecule has 1 aromatic rings. The Kier molecular flexibility index (Phi) is 2.99. The predicted octanol–water partition coefficient (Wildman–Crippen LogP) is 2.75. The lowest BCUT2D eigenvalue weighted by Crippen LogP contribution is -2.24. The third-order valence-corrected chi connectivity index (χ3v) is 1.83. The second kappa shape index (κ2) is 3.90. The summed E-state index contributed by atoms with van der Waals surface area (Å²) in [7, 11) is 0. The number of hydrogen-bond donors (Lipinski definition) is 0. The summed E-state index contributed by atoms with van der Waals surface area (Å²) < 4.78 is 5.65. The van der Waals surface area contributed by atoms with E-state index in [4.69, 9.17) is 10.00 Å². The highest BCUT2D eigenvalue weighted by Gasteiger charge is 2.17. The van der Waals surface area contributed by atoms with E-state index < -0.39 is 0 Å². The fourth-order valence-electron chi connectivity index (χ4n) is 1.30. The molecule has 0 amide bonds. The molecule has 1 heterocycles. The van der Waals surface area contributed by atoms with Crippen LogP contribution in [0.3, 0.4) is 0 Å². The van der Waals surface area contributed by atoms with Crippen LogP contribution in [0.4, 0.5) is 0 Å². The average molecular weight is 204 g/mol. The molecule has 0 saturated heterocycles. The van der Waals surface area contributed by atoms with E-state index in [2.05, 4.69) is 11.1 Å². The molecule has 80 valence electrons. The van der Waals surface area contributed by atoms with E-state index in [9.17, 15) is 0 Å². The molecule has 0 bridgehead atoms. The number of nitrogens with zero attached hydrogens (tertiary/aromatic N) is 2. The van der Waals surface area contributed by atoms with Gasteiger partial charge in [0.1, 0.15) is 17.2 Å². The summed E-state index contributed by atoms with van der Waals surface area (Å²) in [6.45, 7) is 9.60. The molecule has 0 saturated carbocycles. The van der Waals surface area contributed by atoms with Gasteiger partial charge in [-0.2, -0.15) is 5.26 Å². The molecular formula is C12H16N2O. The van der Waals surface area contributed by atoms with Crippen molar-refractivity contribution in [3.63, 3.8) is 0 Å². The van der Waals surface area contributed by atoms with Gasteiger partial charge in [-0.3, -0.25) is 0 Å². The minimum atomic E-state index is -0.334. The van der Waals surface area contributed by atoms with E-state index in [1.807, 2.05) is 40.7 Å². The molecule has 0 aliphatic rings. The van der Waals surface area contributed by atoms with Crippen molar-refractivity contribution in [3.05, 3.63) is 22.9 Å². The van der Waals surface area contributed by atoms with Crippen LogP contribution in [0.2, 0.25) is 0 Å². The van der Waals surface area contributed by atoms with E-state index in [1.165, 1.54) is 0 Å². The minimum Gasteiger partial charge on any atom is -0.471 e. The summed E-state index contributed by atoms with van der Waals surface area (Å²) in [6.07, 6.45) is 0. The summed E-state index contributed by atoms with van der Waals surface area (Å²) in [5.74, 6) is 0.433. The van der Waals surface area contributed by atoms with E-state index in [0.717, 1.165) is 11.3 Å². The van der Waals surface area contributed by atoms with Crippen LogP contribution in [0.25, 0.3) is 0 Å². The molecule has 0 aliphatic heterocycles. The molecule has 0 unspecified atom stereocenters. The van der Waals surface area contributed by atoms with Gasteiger partial charge in [-0.15, -0.1) is 0 Å². The van der Waals surface area contributed by atoms with Gasteiger partial charge in [0.25, 0.3) is 0 Å². The highest BCUT2D eigenvalue weighted by atomic mass is 16.5. The third-order valence-electron chi connectivity index (χ3n) is 1.83. The Balaban J connectivity index is 3.23. The van der Waals surface area contributed by atoms with Crippen LogP contribution < -0.4 is 4.74 Å². The number of pyridine rings is 1. The molecular weight excluding hydrogens is 188 g/mol. The summed E-state index contributed by atoms with van der Waals surface area (Å²) in [4.78, 5) is 4.25. The molecule has 0 aromatic carbocycles. The van der Waals surface area contributed by atoms with Crippen LogP contribution in [-0.2, 0) is 0 Å². The largest absolute Gasteiger partial charge is 0.471 e. The molecule has 0 aliphatic carbocycles. The lowest BCUT2D eigenvalue weighted by Gasteiger charge is -2.21. The van der Waals surface area contributed by atoms with Crippen LogP contribution in [0.15, 0.2) is 6.07 Å². The number of ether oxygens (including phenoxy) is 1. The van der Waals surface area contributed by atoms with Crippen molar-refractivity contribution in [2.24, 2.45) is 0 Å². The summed E-state index contributed by atoms with van der Waals surface area (Å²) in [5.41, 5.74) is 1.96. The first-order chi connectivity index (χ1) is 6.83. The second-order valence-corrected chi connectivity index (χ2v) is 4.59. The van der Waals surface area contributed by atoms with Gasteiger partial charge < -0.3 is 4.74 Å². The Labute approximate surface area is 90.7 Å². The van der Waals surface area contributed by atoms with Gasteiger partial charge in [0, 0.05) is 5.69 Å². The predicted molar refractivity (Wildman–Crippen MR) is 58.8 cm³/mol. The van der Waals surface area contributed by atoms with E-state index in [-0.39, 0.29) is 5.60 Å². The molecule has 0 atom stereocenters. The van der Waals surface area contributed by atoms with Gasteiger partial charge in [0.15, 0.2) is 0 Å². The number of nitriles is 1. The van der Waals surface area contributed by atoms with Gasteiger partial charge in [0.05, 0.1) is 0 Å². The van der Waals surface area contributed by atoms with Crippen LogP contribution in [0.1, 0.15) is 37.6 Å².